The molecule has 4 atom stereocenters. The summed E-state index contributed by atoms with van der Waals surface area (Å²) in [6, 6.07) is 5.45. The molecule has 0 saturated heterocycles. The van der Waals surface area contributed by atoms with E-state index >= 15 is 0 Å². The number of carboxylic acids is 1. The molecule has 1 N–H and O–H groups in total. The third-order valence-corrected chi connectivity index (χ3v) is 4.60. The third-order valence-electron chi connectivity index (χ3n) is 4.60. The second-order valence-corrected chi connectivity index (χ2v) is 5.70. The lowest BCUT2D eigenvalue weighted by Crippen LogP contribution is -2.43. The maximum absolute atomic E-state index is 12.8. The van der Waals surface area contributed by atoms with Gasteiger partial charge >= 0.3 is 0 Å². The van der Waals surface area contributed by atoms with E-state index in [0.29, 0.717) is 5.69 Å². The van der Waals surface area contributed by atoms with Crippen molar-refractivity contribution in [2.75, 3.05) is 5.32 Å². The number of halogens is 1. The second kappa shape index (κ2) is 4.89. The zero-order valence-corrected chi connectivity index (χ0v) is 10.8. The molecule has 0 radical (unpaired) electrons. The van der Waals surface area contributed by atoms with Gasteiger partial charge in [-0.2, -0.15) is 0 Å². The molecule has 1 aromatic carbocycles. The van der Waals surface area contributed by atoms with Gasteiger partial charge in [0.2, 0.25) is 5.91 Å². The number of aliphatic carboxylic acids is 1. The largest absolute Gasteiger partial charge is 0.550 e. The Hall–Kier alpha value is -1.91. The van der Waals surface area contributed by atoms with Crippen molar-refractivity contribution in [3.05, 3.63) is 30.1 Å². The van der Waals surface area contributed by atoms with Crippen LogP contribution in [0.25, 0.3) is 0 Å². The molecule has 3 rings (SSSR count). The van der Waals surface area contributed by atoms with Gasteiger partial charge in [-0.3, -0.25) is 4.79 Å². The number of amides is 1. The van der Waals surface area contributed by atoms with E-state index in [1.54, 1.807) is 0 Å². The van der Waals surface area contributed by atoms with Gasteiger partial charge in [0.15, 0.2) is 0 Å². The van der Waals surface area contributed by atoms with Gasteiger partial charge in [0.1, 0.15) is 5.82 Å². The van der Waals surface area contributed by atoms with Crippen LogP contribution in [0.5, 0.6) is 0 Å². The average Bonchev–Trinajstić information content (AvgIpc) is 3.01. The van der Waals surface area contributed by atoms with Gasteiger partial charge in [-0.15, -0.1) is 0 Å². The number of hydrogen-bond donors (Lipinski definition) is 1. The molecule has 0 spiro atoms. The van der Waals surface area contributed by atoms with Gasteiger partial charge in [0.25, 0.3) is 0 Å². The minimum Gasteiger partial charge on any atom is -0.550 e. The van der Waals surface area contributed by atoms with Crippen LogP contribution < -0.4 is 10.4 Å². The van der Waals surface area contributed by atoms with E-state index in [9.17, 15) is 19.1 Å². The van der Waals surface area contributed by atoms with Gasteiger partial charge in [-0.25, -0.2) is 4.39 Å². The highest BCUT2D eigenvalue weighted by molar-refractivity contribution is 5.95. The molecule has 20 heavy (non-hydrogen) atoms. The highest BCUT2D eigenvalue weighted by atomic mass is 19.1. The monoisotopic (exact) mass is 276 g/mol. The first-order valence-electron chi connectivity index (χ1n) is 6.83. The number of benzene rings is 1. The summed E-state index contributed by atoms with van der Waals surface area (Å²) in [6.07, 6.45) is 2.56. The fourth-order valence-electron chi connectivity index (χ4n) is 3.77. The Morgan fingerprint density at radius 2 is 1.70 bits per heavy atom. The molecule has 0 aliphatic heterocycles. The van der Waals surface area contributed by atoms with Crippen molar-refractivity contribution in [1.29, 1.82) is 0 Å². The Bertz CT molecular complexity index is 543. The molecule has 2 aliphatic rings. The maximum Gasteiger partial charge on any atom is 0.228 e. The van der Waals surface area contributed by atoms with Crippen LogP contribution in [0.3, 0.4) is 0 Å². The Balaban J connectivity index is 1.76. The number of anilines is 1. The number of carbonyl (C=O) groups excluding carboxylic acids is 2. The smallest absolute Gasteiger partial charge is 0.228 e. The standard InChI is InChI=1S/C15H16FNO3/c16-10-3-5-11(6-4-10)17-14(18)12-8-1-2-9(7-8)13(12)15(19)20/h3-6,8-9,12-13H,1-2,7H2,(H,17,18)(H,19,20)/p-1/t8-,9+,12+,13+/m1/s1. The number of nitrogens with one attached hydrogen (secondary N) is 1. The fourth-order valence-corrected chi connectivity index (χ4v) is 3.77. The molecule has 2 bridgehead atoms. The predicted molar refractivity (Wildman–Crippen MR) is 67.8 cm³/mol. The van der Waals surface area contributed by atoms with Crippen molar-refractivity contribution >= 4 is 17.6 Å². The van der Waals surface area contributed by atoms with Gasteiger partial charge in [-0.05, 0) is 55.4 Å². The highest BCUT2D eigenvalue weighted by Gasteiger charge is 2.51. The fraction of sp³-hybridized carbons (Fsp3) is 0.467. The first kappa shape index (κ1) is 13.1. The van der Waals surface area contributed by atoms with Crippen molar-refractivity contribution in [3.8, 4) is 0 Å². The molecule has 1 amide bonds. The zero-order chi connectivity index (χ0) is 14.3. The summed E-state index contributed by atoms with van der Waals surface area (Å²) < 4.78 is 12.8. The third kappa shape index (κ3) is 2.17. The van der Waals surface area contributed by atoms with Gasteiger partial charge in [0, 0.05) is 23.5 Å². The molecule has 5 heteroatoms. The van der Waals surface area contributed by atoms with E-state index in [1.807, 2.05) is 0 Å². The Labute approximate surface area is 116 Å². The van der Waals surface area contributed by atoms with E-state index in [-0.39, 0.29) is 23.6 Å². The lowest BCUT2D eigenvalue weighted by atomic mass is 9.78. The van der Waals surface area contributed by atoms with Crippen LogP contribution in [0.2, 0.25) is 0 Å². The van der Waals surface area contributed by atoms with Gasteiger partial charge in [0.05, 0.1) is 0 Å². The molecule has 1 aromatic rings. The minimum absolute atomic E-state index is 0.0639. The Kier molecular flexibility index (Phi) is 3.20. The summed E-state index contributed by atoms with van der Waals surface area (Å²) in [7, 11) is 0. The molecule has 4 nitrogen and oxygen atoms in total. The van der Waals surface area contributed by atoms with Crippen LogP contribution in [-0.2, 0) is 9.59 Å². The lowest BCUT2D eigenvalue weighted by Gasteiger charge is -2.30. The van der Waals surface area contributed by atoms with Crippen LogP contribution in [0.4, 0.5) is 10.1 Å². The topological polar surface area (TPSA) is 69.2 Å². The molecular formula is C15H15FNO3-. The van der Waals surface area contributed by atoms with Crippen molar-refractivity contribution in [3.63, 3.8) is 0 Å². The van der Waals surface area contributed by atoms with Gasteiger partial charge in [-0.1, -0.05) is 0 Å². The first-order valence-corrected chi connectivity index (χ1v) is 6.83. The summed E-state index contributed by atoms with van der Waals surface area (Å²) >= 11 is 0. The number of rotatable bonds is 3. The summed E-state index contributed by atoms with van der Waals surface area (Å²) in [5, 5.41) is 13.9. The normalized spacial score (nSPS) is 31.2. The van der Waals surface area contributed by atoms with Gasteiger partial charge < -0.3 is 15.2 Å². The molecule has 2 saturated carbocycles. The molecule has 2 aliphatic carbocycles. The zero-order valence-electron chi connectivity index (χ0n) is 10.8. The minimum atomic E-state index is -1.13. The van der Waals surface area contributed by atoms with E-state index < -0.39 is 17.8 Å². The number of carboxylic acid groups (broad SMARTS) is 1. The van der Waals surface area contributed by atoms with E-state index in [0.717, 1.165) is 19.3 Å². The summed E-state index contributed by atoms with van der Waals surface area (Å²) in [5.41, 5.74) is 0.483. The Morgan fingerprint density at radius 3 is 2.30 bits per heavy atom. The summed E-state index contributed by atoms with van der Waals surface area (Å²) in [6.45, 7) is 0. The van der Waals surface area contributed by atoms with E-state index in [2.05, 4.69) is 5.32 Å². The van der Waals surface area contributed by atoms with Crippen molar-refractivity contribution in [2.24, 2.45) is 23.7 Å². The highest BCUT2D eigenvalue weighted by Crippen LogP contribution is 2.52. The molecule has 0 heterocycles. The molecule has 0 aromatic heterocycles. The predicted octanol–water partition coefficient (Wildman–Crippen LogP) is 1.18. The van der Waals surface area contributed by atoms with Crippen LogP contribution in [-0.4, -0.2) is 11.9 Å². The molecule has 2 fully saturated rings. The molecular weight excluding hydrogens is 261 g/mol. The number of fused-ring (bicyclic) bond motifs is 2. The van der Waals surface area contributed by atoms with Crippen LogP contribution in [0.15, 0.2) is 24.3 Å². The van der Waals surface area contributed by atoms with Crippen LogP contribution >= 0.6 is 0 Å². The maximum atomic E-state index is 12.8. The number of carbonyl (C=O) groups is 2. The number of hydrogen-bond acceptors (Lipinski definition) is 3. The first-order chi connectivity index (χ1) is 9.56. The van der Waals surface area contributed by atoms with Crippen LogP contribution in [0, 0.1) is 29.5 Å². The lowest BCUT2D eigenvalue weighted by molar-refractivity contribution is -0.314. The van der Waals surface area contributed by atoms with Crippen LogP contribution in [0.1, 0.15) is 19.3 Å². The van der Waals surface area contributed by atoms with E-state index in [4.69, 9.17) is 0 Å². The SMILES string of the molecule is O=C([O-])[C@H]1[C@H]2CC[C@H](C2)[C@@H]1C(=O)Nc1ccc(F)cc1. The van der Waals surface area contributed by atoms with Crippen molar-refractivity contribution in [2.45, 2.75) is 19.3 Å². The van der Waals surface area contributed by atoms with Crippen molar-refractivity contribution in [1.82, 2.24) is 0 Å². The summed E-state index contributed by atoms with van der Waals surface area (Å²) in [4.78, 5) is 23.6. The van der Waals surface area contributed by atoms with Crippen molar-refractivity contribution < 1.29 is 19.1 Å². The second-order valence-electron chi connectivity index (χ2n) is 5.70. The quantitative estimate of drug-likeness (QED) is 0.901. The van der Waals surface area contributed by atoms with E-state index in [1.165, 1.54) is 24.3 Å². The average molecular weight is 276 g/mol. The summed E-state index contributed by atoms with van der Waals surface area (Å²) in [5.74, 6) is -2.82. The molecule has 106 valence electrons. The Morgan fingerprint density at radius 1 is 1.10 bits per heavy atom. The molecule has 0 unspecified atom stereocenters.